The van der Waals surface area contributed by atoms with Crippen LogP contribution in [0.2, 0.25) is 0 Å². The van der Waals surface area contributed by atoms with Crippen molar-refractivity contribution in [2.24, 2.45) is 11.8 Å². The maximum atomic E-state index is 3.81. The van der Waals surface area contributed by atoms with Gasteiger partial charge in [0.2, 0.25) is 0 Å². The minimum absolute atomic E-state index is 0.726. The van der Waals surface area contributed by atoms with Crippen LogP contribution in [0.3, 0.4) is 0 Å². The molecule has 2 heteroatoms. The lowest BCUT2D eigenvalue weighted by Gasteiger charge is -2.43. The molecule has 2 unspecified atom stereocenters. The first-order chi connectivity index (χ1) is 8.66. The van der Waals surface area contributed by atoms with Gasteiger partial charge in [-0.2, -0.15) is 0 Å². The summed E-state index contributed by atoms with van der Waals surface area (Å²) in [5.74, 6) is 1.79. The van der Waals surface area contributed by atoms with Crippen molar-refractivity contribution in [1.29, 1.82) is 0 Å². The topological polar surface area (TPSA) is 15.3 Å². The lowest BCUT2D eigenvalue weighted by atomic mass is 9.82. The Bertz CT molecular complexity index is 233. The maximum Gasteiger partial charge on any atom is 0.0224 e. The Labute approximate surface area is 114 Å². The molecule has 1 heterocycles. The molecule has 0 bridgehead atoms. The maximum absolute atomic E-state index is 3.81. The quantitative estimate of drug-likeness (QED) is 0.826. The molecule has 1 N–H and O–H groups in total. The van der Waals surface area contributed by atoms with Gasteiger partial charge in [-0.15, -0.1) is 0 Å². The van der Waals surface area contributed by atoms with Crippen LogP contribution in [0, 0.1) is 11.8 Å². The van der Waals surface area contributed by atoms with E-state index in [0.717, 1.165) is 23.9 Å². The van der Waals surface area contributed by atoms with Gasteiger partial charge in [0.05, 0.1) is 0 Å². The van der Waals surface area contributed by atoms with Gasteiger partial charge in [-0.3, -0.25) is 4.90 Å². The van der Waals surface area contributed by atoms with Gasteiger partial charge in [0, 0.05) is 25.2 Å². The Morgan fingerprint density at radius 1 is 1.17 bits per heavy atom. The Morgan fingerprint density at radius 3 is 2.56 bits per heavy atom. The predicted octanol–water partition coefficient (Wildman–Crippen LogP) is 3.28. The summed E-state index contributed by atoms with van der Waals surface area (Å²) < 4.78 is 0. The normalized spacial score (nSPS) is 32.0. The van der Waals surface area contributed by atoms with Crippen molar-refractivity contribution in [1.82, 2.24) is 10.2 Å². The van der Waals surface area contributed by atoms with Crippen LogP contribution in [0.25, 0.3) is 0 Å². The first kappa shape index (κ1) is 14.3. The molecule has 1 aliphatic heterocycles. The molecule has 2 nitrogen and oxygen atoms in total. The van der Waals surface area contributed by atoms with E-state index in [9.17, 15) is 0 Å². The van der Waals surface area contributed by atoms with E-state index in [2.05, 4.69) is 31.0 Å². The Kier molecular flexibility index (Phi) is 5.50. The number of hydrogen-bond acceptors (Lipinski definition) is 2. The average Bonchev–Trinajstić information content (AvgIpc) is 2.38. The second-order valence-electron chi connectivity index (χ2n) is 6.94. The van der Waals surface area contributed by atoms with Crippen molar-refractivity contribution < 1.29 is 0 Å². The van der Waals surface area contributed by atoms with Gasteiger partial charge in [0.1, 0.15) is 0 Å². The minimum atomic E-state index is 0.726. The van der Waals surface area contributed by atoms with E-state index in [1.54, 1.807) is 0 Å². The van der Waals surface area contributed by atoms with Gasteiger partial charge in [-0.25, -0.2) is 0 Å². The van der Waals surface area contributed by atoms with E-state index in [1.165, 1.54) is 58.2 Å². The molecule has 0 amide bonds. The molecule has 18 heavy (non-hydrogen) atoms. The Hall–Kier alpha value is -0.0800. The van der Waals surface area contributed by atoms with E-state index in [-0.39, 0.29) is 0 Å². The summed E-state index contributed by atoms with van der Waals surface area (Å²) in [4.78, 5) is 2.73. The molecule has 2 fully saturated rings. The van der Waals surface area contributed by atoms with E-state index in [0.29, 0.717) is 0 Å². The van der Waals surface area contributed by atoms with Crippen LogP contribution in [-0.4, -0.2) is 36.6 Å². The number of piperazine rings is 1. The smallest absolute Gasteiger partial charge is 0.0224 e. The second kappa shape index (κ2) is 6.91. The Morgan fingerprint density at radius 2 is 1.89 bits per heavy atom. The summed E-state index contributed by atoms with van der Waals surface area (Å²) in [6.07, 6.45) is 8.67. The SMILES string of the molecule is CC(C)CCN1CC(C2CCCCC2)NCC1C. The zero-order valence-corrected chi connectivity index (χ0v) is 12.6. The summed E-state index contributed by atoms with van der Waals surface area (Å²) in [6, 6.07) is 1.50. The van der Waals surface area contributed by atoms with E-state index in [1.807, 2.05) is 0 Å². The number of hydrogen-bond donors (Lipinski definition) is 1. The highest BCUT2D eigenvalue weighted by Crippen LogP contribution is 2.28. The molecule has 0 aromatic heterocycles. The molecule has 2 rings (SSSR count). The molecule has 1 saturated carbocycles. The zero-order valence-electron chi connectivity index (χ0n) is 12.6. The van der Waals surface area contributed by atoms with Crippen molar-refractivity contribution in [3.63, 3.8) is 0 Å². The summed E-state index contributed by atoms with van der Waals surface area (Å²) in [5.41, 5.74) is 0. The molecule has 2 aliphatic rings. The first-order valence-corrected chi connectivity index (χ1v) is 8.14. The van der Waals surface area contributed by atoms with E-state index >= 15 is 0 Å². The van der Waals surface area contributed by atoms with Crippen LogP contribution < -0.4 is 5.32 Å². The molecule has 1 saturated heterocycles. The molecule has 0 aromatic carbocycles. The molecule has 0 spiro atoms. The van der Waals surface area contributed by atoms with Crippen LogP contribution in [0.1, 0.15) is 59.3 Å². The van der Waals surface area contributed by atoms with Gasteiger partial charge < -0.3 is 5.32 Å². The fourth-order valence-electron chi connectivity index (χ4n) is 3.54. The molecule has 0 aromatic rings. The fraction of sp³-hybridized carbons (Fsp3) is 1.00. The average molecular weight is 252 g/mol. The minimum Gasteiger partial charge on any atom is -0.311 e. The molecular weight excluding hydrogens is 220 g/mol. The van der Waals surface area contributed by atoms with Crippen LogP contribution >= 0.6 is 0 Å². The number of rotatable bonds is 4. The standard InChI is InChI=1S/C16H32N2/c1-13(2)9-10-18-12-16(17-11-14(18)3)15-7-5-4-6-8-15/h13-17H,4-12H2,1-3H3. The number of nitrogens with zero attached hydrogens (tertiary/aromatic N) is 1. The van der Waals surface area contributed by atoms with Crippen molar-refractivity contribution in [2.75, 3.05) is 19.6 Å². The Balaban J connectivity index is 1.82. The third-order valence-electron chi connectivity index (χ3n) is 4.94. The van der Waals surface area contributed by atoms with Crippen LogP contribution in [0.5, 0.6) is 0 Å². The van der Waals surface area contributed by atoms with Crippen molar-refractivity contribution in [3.8, 4) is 0 Å². The van der Waals surface area contributed by atoms with Gasteiger partial charge in [0.15, 0.2) is 0 Å². The fourth-order valence-corrected chi connectivity index (χ4v) is 3.54. The summed E-state index contributed by atoms with van der Waals surface area (Å²) >= 11 is 0. The van der Waals surface area contributed by atoms with Gasteiger partial charge >= 0.3 is 0 Å². The second-order valence-corrected chi connectivity index (χ2v) is 6.94. The third-order valence-corrected chi connectivity index (χ3v) is 4.94. The highest BCUT2D eigenvalue weighted by molar-refractivity contribution is 4.89. The monoisotopic (exact) mass is 252 g/mol. The summed E-state index contributed by atoms with van der Waals surface area (Å²) in [5, 5.41) is 3.81. The van der Waals surface area contributed by atoms with Gasteiger partial charge in [0.25, 0.3) is 0 Å². The van der Waals surface area contributed by atoms with Gasteiger partial charge in [-0.05, 0) is 44.6 Å². The lowest BCUT2D eigenvalue weighted by Crippen LogP contribution is -2.58. The first-order valence-electron chi connectivity index (χ1n) is 8.14. The van der Waals surface area contributed by atoms with Crippen molar-refractivity contribution in [2.45, 2.75) is 71.4 Å². The van der Waals surface area contributed by atoms with Crippen molar-refractivity contribution >= 4 is 0 Å². The van der Waals surface area contributed by atoms with Crippen LogP contribution in [-0.2, 0) is 0 Å². The molecular formula is C16H32N2. The summed E-state index contributed by atoms with van der Waals surface area (Å²) in [6.45, 7) is 10.8. The number of nitrogens with one attached hydrogen (secondary N) is 1. The highest BCUT2D eigenvalue weighted by Gasteiger charge is 2.30. The molecule has 2 atom stereocenters. The van der Waals surface area contributed by atoms with E-state index in [4.69, 9.17) is 0 Å². The molecule has 1 aliphatic carbocycles. The van der Waals surface area contributed by atoms with Gasteiger partial charge in [-0.1, -0.05) is 33.1 Å². The zero-order chi connectivity index (χ0) is 13.0. The van der Waals surface area contributed by atoms with Crippen LogP contribution in [0.15, 0.2) is 0 Å². The molecule has 106 valence electrons. The predicted molar refractivity (Wildman–Crippen MR) is 78.9 cm³/mol. The van der Waals surface area contributed by atoms with E-state index < -0.39 is 0 Å². The third kappa shape index (κ3) is 3.96. The molecule has 0 radical (unpaired) electrons. The lowest BCUT2D eigenvalue weighted by molar-refractivity contribution is 0.0999. The summed E-state index contributed by atoms with van der Waals surface area (Å²) in [7, 11) is 0. The van der Waals surface area contributed by atoms with Crippen LogP contribution in [0.4, 0.5) is 0 Å². The highest BCUT2D eigenvalue weighted by atomic mass is 15.2. The largest absolute Gasteiger partial charge is 0.311 e. The van der Waals surface area contributed by atoms with Crippen molar-refractivity contribution in [3.05, 3.63) is 0 Å².